The second-order valence-corrected chi connectivity index (χ2v) is 12.1. The molecule has 0 radical (unpaired) electrons. The topological polar surface area (TPSA) is 236 Å². The molecule has 4 heterocycles. The van der Waals surface area contributed by atoms with Gasteiger partial charge < -0.3 is 31.0 Å². The van der Waals surface area contributed by atoms with Crippen LogP contribution in [0.4, 0.5) is 10.9 Å². The van der Waals surface area contributed by atoms with Crippen molar-refractivity contribution in [3.63, 3.8) is 0 Å². The summed E-state index contributed by atoms with van der Waals surface area (Å²) in [6.45, 7) is 2.56. The van der Waals surface area contributed by atoms with Crippen molar-refractivity contribution in [2.75, 3.05) is 30.7 Å². The summed E-state index contributed by atoms with van der Waals surface area (Å²) in [6, 6.07) is 6.27. The van der Waals surface area contributed by atoms with Crippen LogP contribution in [0.1, 0.15) is 19.0 Å². The Labute approximate surface area is 248 Å². The van der Waals surface area contributed by atoms with Crippen LogP contribution < -0.4 is 21.1 Å². The van der Waals surface area contributed by atoms with Gasteiger partial charge in [0.2, 0.25) is 5.91 Å². The first kappa shape index (κ1) is 30.1. The van der Waals surface area contributed by atoms with Crippen LogP contribution >= 0.6 is 11.3 Å². The zero-order valence-electron chi connectivity index (χ0n) is 22.5. The zero-order chi connectivity index (χ0) is 30.9. The Kier molecular flexibility index (Phi) is 8.45. The van der Waals surface area contributed by atoms with Crippen molar-refractivity contribution in [2.24, 2.45) is 11.1 Å². The number of hydrogen-bond acceptors (Lipinski definition) is 14. The number of amides is 1. The Morgan fingerprint density at radius 2 is 2.09 bits per heavy atom. The maximum atomic E-state index is 13.1. The molecule has 2 fully saturated rings. The van der Waals surface area contributed by atoms with Crippen LogP contribution in [0.25, 0.3) is 10.8 Å². The van der Waals surface area contributed by atoms with E-state index in [1.807, 2.05) is 0 Å². The molecule has 6 N–H and O–H groups in total. The van der Waals surface area contributed by atoms with E-state index in [1.165, 1.54) is 12.3 Å². The highest BCUT2D eigenvalue weighted by Gasteiger charge is 2.51. The summed E-state index contributed by atoms with van der Waals surface area (Å²) in [5.41, 5.74) is 5.25. The Bertz CT molecular complexity index is 1710. The SMILES string of the molecule is C[C@H]1C(CC(=O)/C(=N\O[C@@H](COc2ccc3c(NC4CNC4)nccc3c2)C(=O)O)c2csc(N)n2)C(=O)N1S(=O)(=O)O. The van der Waals surface area contributed by atoms with E-state index in [4.69, 9.17) is 15.3 Å². The van der Waals surface area contributed by atoms with Crippen molar-refractivity contribution >= 4 is 66.7 Å². The van der Waals surface area contributed by atoms with Gasteiger partial charge in [0.05, 0.1) is 18.0 Å². The quantitative estimate of drug-likeness (QED) is 0.0747. The highest BCUT2D eigenvalue weighted by molar-refractivity contribution is 7.84. The van der Waals surface area contributed by atoms with Gasteiger partial charge >= 0.3 is 16.3 Å². The number of carboxylic acids is 1. The van der Waals surface area contributed by atoms with Gasteiger partial charge in [-0.3, -0.25) is 14.1 Å². The van der Waals surface area contributed by atoms with Gasteiger partial charge in [-0.25, -0.2) is 19.1 Å². The van der Waals surface area contributed by atoms with Gasteiger partial charge in [-0.15, -0.1) is 11.3 Å². The van der Waals surface area contributed by atoms with E-state index in [1.54, 1.807) is 30.5 Å². The predicted molar refractivity (Wildman–Crippen MR) is 154 cm³/mol. The fraction of sp³-hybridized carbons (Fsp3) is 0.360. The molecule has 3 atom stereocenters. The third-order valence-electron chi connectivity index (χ3n) is 6.98. The Morgan fingerprint density at radius 1 is 1.33 bits per heavy atom. The Balaban J connectivity index is 1.29. The van der Waals surface area contributed by atoms with Crippen LogP contribution in [0.5, 0.6) is 5.75 Å². The number of carboxylic acid groups (broad SMARTS) is 1. The van der Waals surface area contributed by atoms with E-state index in [-0.39, 0.29) is 21.2 Å². The van der Waals surface area contributed by atoms with Gasteiger partial charge in [-0.1, -0.05) is 5.16 Å². The lowest BCUT2D eigenvalue weighted by molar-refractivity contribution is -0.152. The molecule has 228 valence electrons. The number of rotatable bonds is 13. The zero-order valence-corrected chi connectivity index (χ0v) is 24.2. The molecule has 18 heteroatoms. The number of nitrogens with two attached hydrogens (primary N) is 1. The van der Waals surface area contributed by atoms with Crippen molar-refractivity contribution in [3.05, 3.63) is 41.5 Å². The molecule has 2 aliphatic heterocycles. The maximum Gasteiger partial charge on any atom is 0.362 e. The number of carbonyl (C=O) groups is 3. The number of benzene rings is 1. The Morgan fingerprint density at radius 3 is 2.70 bits per heavy atom. The number of oxime groups is 1. The maximum absolute atomic E-state index is 13.1. The number of nitrogens with one attached hydrogen (secondary N) is 2. The summed E-state index contributed by atoms with van der Waals surface area (Å²) >= 11 is 0.989. The average molecular weight is 634 g/mol. The van der Waals surface area contributed by atoms with E-state index in [9.17, 15) is 32.5 Å². The summed E-state index contributed by atoms with van der Waals surface area (Å²) < 4.78 is 37.9. The number of ether oxygens (including phenoxy) is 1. The number of hydrogen-bond donors (Lipinski definition) is 5. The largest absolute Gasteiger partial charge is 0.489 e. The van der Waals surface area contributed by atoms with Crippen molar-refractivity contribution < 1.29 is 42.0 Å². The van der Waals surface area contributed by atoms with E-state index in [0.29, 0.717) is 5.75 Å². The number of aliphatic carboxylic acids is 1. The molecule has 0 aliphatic carbocycles. The number of ketones is 1. The first-order chi connectivity index (χ1) is 20.4. The second kappa shape index (κ2) is 12.1. The van der Waals surface area contributed by atoms with E-state index >= 15 is 0 Å². The number of β-lactam (4-membered cyclic amide) rings is 1. The van der Waals surface area contributed by atoms with E-state index in [2.05, 4.69) is 25.8 Å². The van der Waals surface area contributed by atoms with E-state index < -0.39 is 64.8 Å². The Hall–Kier alpha value is -4.39. The first-order valence-corrected chi connectivity index (χ1v) is 15.2. The average Bonchev–Trinajstić information content (AvgIpc) is 3.35. The number of Topliss-reactive ketones (excluding diaryl/α,β-unsaturated/α-hetero) is 1. The molecule has 1 unspecified atom stereocenters. The molecule has 2 saturated heterocycles. The van der Waals surface area contributed by atoms with Crippen molar-refractivity contribution in [1.82, 2.24) is 19.6 Å². The first-order valence-electron chi connectivity index (χ1n) is 12.9. The lowest BCUT2D eigenvalue weighted by Crippen LogP contribution is -2.62. The normalized spacial score (nSPS) is 19.8. The molecule has 2 aliphatic rings. The van der Waals surface area contributed by atoms with Crippen molar-refractivity contribution in [3.8, 4) is 5.75 Å². The minimum atomic E-state index is -4.78. The number of thiazole rings is 1. The minimum absolute atomic E-state index is 0.0196. The van der Waals surface area contributed by atoms with Crippen LogP contribution in [0, 0.1) is 5.92 Å². The third-order valence-corrected chi connectivity index (χ3v) is 8.66. The molecule has 1 amide bonds. The fourth-order valence-electron chi connectivity index (χ4n) is 4.55. The van der Waals surface area contributed by atoms with Crippen molar-refractivity contribution in [2.45, 2.75) is 31.5 Å². The summed E-state index contributed by atoms with van der Waals surface area (Å²) in [5.74, 6) is -3.16. The summed E-state index contributed by atoms with van der Waals surface area (Å²) in [5, 5.41) is 23.2. The molecular weight excluding hydrogens is 606 g/mol. The van der Waals surface area contributed by atoms with Crippen LogP contribution in [0.15, 0.2) is 41.0 Å². The lowest BCUT2D eigenvalue weighted by atomic mass is 9.86. The van der Waals surface area contributed by atoms with Gasteiger partial charge in [-0.05, 0) is 36.6 Å². The number of aromatic nitrogens is 2. The lowest BCUT2D eigenvalue weighted by Gasteiger charge is -2.41. The molecule has 1 aromatic carbocycles. The van der Waals surface area contributed by atoms with Crippen LogP contribution in [-0.4, -0.2) is 93.6 Å². The number of nitrogen functional groups attached to an aromatic ring is 1. The standard InChI is InChI=1S/C25H27N7O9S2/c1-12-17(23(34)32(12)43(37,38)39)7-19(33)21(18-11-42-25(26)30-18)31-41-20(24(35)36)10-40-15-2-3-16-13(6-15)4-5-28-22(16)29-14-8-27-9-14/h2-6,11-12,14,17,20,27H,7-10H2,1H3,(H2,26,30)(H,28,29)(H,35,36)(H,37,38,39)/b31-21-/t12-,17?,20-/m0/s1. The molecule has 16 nitrogen and oxygen atoms in total. The highest BCUT2D eigenvalue weighted by atomic mass is 32.2. The number of nitrogens with zero attached hydrogens (tertiary/aromatic N) is 4. The highest BCUT2D eigenvalue weighted by Crippen LogP contribution is 2.32. The molecule has 2 aromatic heterocycles. The number of fused-ring (bicyclic) bond motifs is 1. The van der Waals surface area contributed by atoms with Crippen molar-refractivity contribution in [1.29, 1.82) is 0 Å². The van der Waals surface area contributed by atoms with E-state index in [0.717, 1.165) is 41.0 Å². The second-order valence-electron chi connectivity index (χ2n) is 9.88. The summed E-state index contributed by atoms with van der Waals surface area (Å²) in [4.78, 5) is 51.0. The minimum Gasteiger partial charge on any atom is -0.489 e. The smallest absolute Gasteiger partial charge is 0.362 e. The molecule has 5 rings (SSSR count). The van der Waals surface area contributed by atoms with Gasteiger partial charge in [0.1, 0.15) is 23.9 Å². The molecule has 0 bridgehead atoms. The fourth-order valence-corrected chi connectivity index (χ4v) is 6.02. The van der Waals surface area contributed by atoms with Gasteiger partial charge in [-0.2, -0.15) is 8.42 Å². The van der Waals surface area contributed by atoms with Gasteiger partial charge in [0.15, 0.2) is 16.6 Å². The van der Waals surface area contributed by atoms with Gasteiger partial charge in [0.25, 0.3) is 6.10 Å². The molecular formula is C25H27N7O9S2. The van der Waals surface area contributed by atoms with Gasteiger partial charge in [0, 0.05) is 36.5 Å². The summed E-state index contributed by atoms with van der Waals surface area (Å²) in [6.07, 6.45) is -0.491. The molecule has 3 aromatic rings. The molecule has 43 heavy (non-hydrogen) atoms. The third kappa shape index (κ3) is 6.51. The van der Waals surface area contributed by atoms with Crippen LogP contribution in [0.3, 0.4) is 0 Å². The summed E-state index contributed by atoms with van der Waals surface area (Å²) in [7, 11) is -4.78. The number of carbonyl (C=O) groups excluding carboxylic acids is 2. The number of anilines is 2. The van der Waals surface area contributed by atoms with Crippen LogP contribution in [0.2, 0.25) is 0 Å². The monoisotopic (exact) mass is 633 g/mol. The van der Waals surface area contributed by atoms with Crippen LogP contribution in [-0.2, 0) is 29.5 Å². The molecule has 0 spiro atoms. The number of pyridine rings is 1. The molecule has 0 saturated carbocycles. The predicted octanol–water partition coefficient (Wildman–Crippen LogP) is 0.519.